The van der Waals surface area contributed by atoms with E-state index >= 15 is 0 Å². The summed E-state index contributed by atoms with van der Waals surface area (Å²) in [7, 11) is 0. The predicted octanol–water partition coefficient (Wildman–Crippen LogP) is 2.14. The SMILES string of the molecule is O=C(NCCCOc1ccc2c(c1)OCO2)[C@H]1COc2ccccc2O1. The van der Waals surface area contributed by atoms with Gasteiger partial charge in [0.05, 0.1) is 6.61 Å². The van der Waals surface area contributed by atoms with E-state index in [9.17, 15) is 4.79 Å². The summed E-state index contributed by atoms with van der Waals surface area (Å²) in [5, 5.41) is 2.84. The van der Waals surface area contributed by atoms with Crippen LogP contribution in [0.5, 0.6) is 28.7 Å². The number of hydrogen-bond donors (Lipinski definition) is 1. The predicted molar refractivity (Wildman–Crippen MR) is 92.0 cm³/mol. The Morgan fingerprint density at radius 2 is 1.85 bits per heavy atom. The molecular formula is C19H19NO6. The van der Waals surface area contributed by atoms with Gasteiger partial charge in [0.25, 0.3) is 5.91 Å². The summed E-state index contributed by atoms with van der Waals surface area (Å²) in [5.41, 5.74) is 0. The molecule has 4 rings (SSSR count). The maximum absolute atomic E-state index is 12.2. The summed E-state index contributed by atoms with van der Waals surface area (Å²) in [5.74, 6) is 3.17. The zero-order chi connectivity index (χ0) is 17.8. The average Bonchev–Trinajstić information content (AvgIpc) is 3.15. The van der Waals surface area contributed by atoms with Gasteiger partial charge in [-0.05, 0) is 30.7 Å². The fraction of sp³-hybridized carbons (Fsp3) is 0.316. The molecule has 0 fully saturated rings. The number of benzene rings is 2. The summed E-state index contributed by atoms with van der Waals surface area (Å²) in [6, 6.07) is 12.8. The summed E-state index contributed by atoms with van der Waals surface area (Å²) in [4.78, 5) is 12.2. The lowest BCUT2D eigenvalue weighted by molar-refractivity contribution is -0.130. The Morgan fingerprint density at radius 1 is 1.04 bits per heavy atom. The smallest absolute Gasteiger partial charge is 0.264 e. The molecule has 0 bridgehead atoms. The molecule has 26 heavy (non-hydrogen) atoms. The number of ether oxygens (including phenoxy) is 5. The van der Waals surface area contributed by atoms with Gasteiger partial charge in [-0.3, -0.25) is 4.79 Å². The number of nitrogens with one attached hydrogen (secondary N) is 1. The fourth-order valence-corrected chi connectivity index (χ4v) is 2.70. The van der Waals surface area contributed by atoms with E-state index in [4.69, 9.17) is 23.7 Å². The molecule has 0 saturated heterocycles. The Kier molecular flexibility index (Phi) is 4.68. The topological polar surface area (TPSA) is 75.3 Å². The van der Waals surface area contributed by atoms with Gasteiger partial charge in [-0.1, -0.05) is 12.1 Å². The van der Waals surface area contributed by atoms with Gasteiger partial charge >= 0.3 is 0 Å². The molecule has 0 aliphatic carbocycles. The second-order valence-corrected chi connectivity index (χ2v) is 5.87. The van der Waals surface area contributed by atoms with E-state index in [0.29, 0.717) is 42.6 Å². The van der Waals surface area contributed by atoms with Crippen LogP contribution < -0.4 is 29.0 Å². The lowest BCUT2D eigenvalue weighted by Crippen LogP contribution is -2.44. The zero-order valence-electron chi connectivity index (χ0n) is 14.1. The minimum absolute atomic E-state index is 0.192. The second kappa shape index (κ2) is 7.43. The van der Waals surface area contributed by atoms with Gasteiger partial charge in [0.15, 0.2) is 23.0 Å². The molecule has 1 atom stereocenters. The van der Waals surface area contributed by atoms with Gasteiger partial charge in [-0.25, -0.2) is 0 Å². The minimum atomic E-state index is -0.639. The van der Waals surface area contributed by atoms with Gasteiger partial charge < -0.3 is 29.0 Å². The number of carbonyl (C=O) groups excluding carboxylic acids is 1. The fourth-order valence-electron chi connectivity index (χ4n) is 2.70. The first-order chi connectivity index (χ1) is 12.8. The molecule has 0 aromatic heterocycles. The highest BCUT2D eigenvalue weighted by Gasteiger charge is 2.26. The van der Waals surface area contributed by atoms with Crippen LogP contribution in [0.4, 0.5) is 0 Å². The highest BCUT2D eigenvalue weighted by molar-refractivity contribution is 5.81. The van der Waals surface area contributed by atoms with Crippen LogP contribution in [0.25, 0.3) is 0 Å². The molecule has 0 radical (unpaired) electrons. The molecule has 7 nitrogen and oxygen atoms in total. The van der Waals surface area contributed by atoms with Crippen molar-refractivity contribution < 1.29 is 28.5 Å². The Hall–Kier alpha value is -3.09. The highest BCUT2D eigenvalue weighted by atomic mass is 16.7. The van der Waals surface area contributed by atoms with Gasteiger partial charge in [0.2, 0.25) is 12.9 Å². The van der Waals surface area contributed by atoms with Crippen molar-refractivity contribution in [1.29, 1.82) is 0 Å². The van der Waals surface area contributed by atoms with Gasteiger partial charge in [-0.2, -0.15) is 0 Å². The molecule has 2 aliphatic rings. The molecule has 7 heteroatoms. The third-order valence-electron chi connectivity index (χ3n) is 4.03. The molecular weight excluding hydrogens is 338 g/mol. The lowest BCUT2D eigenvalue weighted by Gasteiger charge is -2.25. The van der Waals surface area contributed by atoms with E-state index in [1.54, 1.807) is 12.1 Å². The van der Waals surface area contributed by atoms with Crippen molar-refractivity contribution in [2.45, 2.75) is 12.5 Å². The summed E-state index contributed by atoms with van der Waals surface area (Å²) >= 11 is 0. The van der Waals surface area contributed by atoms with Crippen molar-refractivity contribution in [3.05, 3.63) is 42.5 Å². The quantitative estimate of drug-likeness (QED) is 0.799. The lowest BCUT2D eigenvalue weighted by atomic mass is 10.2. The van der Waals surface area contributed by atoms with Crippen molar-refractivity contribution >= 4 is 5.91 Å². The van der Waals surface area contributed by atoms with E-state index in [1.807, 2.05) is 30.3 Å². The summed E-state index contributed by atoms with van der Waals surface area (Å²) in [6.45, 7) is 1.41. The third kappa shape index (κ3) is 3.61. The van der Waals surface area contributed by atoms with Crippen LogP contribution in [-0.4, -0.2) is 38.6 Å². The van der Waals surface area contributed by atoms with Crippen LogP contribution in [0.15, 0.2) is 42.5 Å². The number of fused-ring (bicyclic) bond motifs is 2. The van der Waals surface area contributed by atoms with Crippen molar-refractivity contribution in [2.24, 2.45) is 0 Å². The normalized spacial score (nSPS) is 16.8. The Bertz CT molecular complexity index is 793. The first-order valence-electron chi connectivity index (χ1n) is 8.48. The maximum Gasteiger partial charge on any atom is 0.264 e. The average molecular weight is 357 g/mol. The molecule has 136 valence electrons. The number of rotatable bonds is 6. The number of hydrogen-bond acceptors (Lipinski definition) is 6. The number of carbonyl (C=O) groups is 1. The van der Waals surface area contributed by atoms with Crippen LogP contribution in [0, 0.1) is 0 Å². The van der Waals surface area contributed by atoms with E-state index in [0.717, 1.165) is 5.75 Å². The van der Waals surface area contributed by atoms with Crippen LogP contribution in [-0.2, 0) is 4.79 Å². The van der Waals surface area contributed by atoms with Gasteiger partial charge in [0.1, 0.15) is 12.4 Å². The van der Waals surface area contributed by atoms with Crippen molar-refractivity contribution in [2.75, 3.05) is 26.6 Å². The van der Waals surface area contributed by atoms with Crippen molar-refractivity contribution in [3.63, 3.8) is 0 Å². The van der Waals surface area contributed by atoms with Crippen molar-refractivity contribution in [1.82, 2.24) is 5.32 Å². The largest absolute Gasteiger partial charge is 0.493 e. The van der Waals surface area contributed by atoms with Crippen LogP contribution >= 0.6 is 0 Å². The minimum Gasteiger partial charge on any atom is -0.493 e. The Morgan fingerprint density at radius 3 is 2.77 bits per heavy atom. The van der Waals surface area contributed by atoms with Crippen LogP contribution in [0.3, 0.4) is 0 Å². The van der Waals surface area contributed by atoms with Gasteiger partial charge in [-0.15, -0.1) is 0 Å². The molecule has 1 N–H and O–H groups in total. The second-order valence-electron chi connectivity index (χ2n) is 5.87. The van der Waals surface area contributed by atoms with E-state index in [-0.39, 0.29) is 19.3 Å². The van der Waals surface area contributed by atoms with E-state index < -0.39 is 6.10 Å². The first kappa shape index (κ1) is 16.4. The third-order valence-corrected chi connectivity index (χ3v) is 4.03. The summed E-state index contributed by atoms with van der Waals surface area (Å²) < 4.78 is 27.4. The van der Waals surface area contributed by atoms with Gasteiger partial charge in [0, 0.05) is 12.6 Å². The van der Waals surface area contributed by atoms with Crippen molar-refractivity contribution in [3.8, 4) is 28.7 Å². The molecule has 2 aliphatic heterocycles. The highest BCUT2D eigenvalue weighted by Crippen LogP contribution is 2.35. The monoisotopic (exact) mass is 357 g/mol. The molecule has 1 amide bonds. The molecule has 0 unspecified atom stereocenters. The Balaban J connectivity index is 1.18. The van der Waals surface area contributed by atoms with E-state index in [1.165, 1.54) is 0 Å². The maximum atomic E-state index is 12.2. The first-order valence-corrected chi connectivity index (χ1v) is 8.48. The molecule has 0 saturated carbocycles. The number of para-hydroxylation sites is 2. The van der Waals surface area contributed by atoms with Crippen LogP contribution in [0.2, 0.25) is 0 Å². The molecule has 2 aromatic carbocycles. The molecule has 0 spiro atoms. The summed E-state index contributed by atoms with van der Waals surface area (Å²) in [6.07, 6.45) is 0.0318. The number of amides is 1. The zero-order valence-corrected chi connectivity index (χ0v) is 14.1. The standard InChI is InChI=1S/C19H19NO6/c21-19(18-11-23-14-4-1-2-5-16(14)26-18)20-8-3-9-22-13-6-7-15-17(10-13)25-12-24-15/h1-2,4-7,10,18H,3,8-9,11-12H2,(H,20,21)/t18-/m1/s1. The Labute approximate surface area is 150 Å². The molecule has 2 heterocycles. The van der Waals surface area contributed by atoms with E-state index in [2.05, 4.69) is 5.32 Å². The molecule has 2 aromatic rings. The van der Waals surface area contributed by atoms with Crippen LogP contribution in [0.1, 0.15) is 6.42 Å².